The van der Waals surface area contributed by atoms with Crippen molar-refractivity contribution in [3.8, 4) is 5.75 Å². The van der Waals surface area contributed by atoms with Crippen molar-refractivity contribution in [1.29, 1.82) is 0 Å². The van der Waals surface area contributed by atoms with Crippen molar-refractivity contribution < 1.29 is 9.53 Å². The third-order valence-corrected chi connectivity index (χ3v) is 5.03. The molecule has 1 N–H and O–H groups in total. The zero-order chi connectivity index (χ0) is 20.1. The minimum absolute atomic E-state index is 0.0999. The highest BCUT2D eigenvalue weighted by Gasteiger charge is 2.20. The fourth-order valence-electron chi connectivity index (χ4n) is 2.66. The Morgan fingerprint density at radius 3 is 2.54 bits per heavy atom. The SMILES string of the molecule is CCOc1ccccc1NC(=O)CSc1nc(C(C)(C)C)nc2ccccc12. The number of nitrogens with one attached hydrogen (secondary N) is 1. The van der Waals surface area contributed by atoms with Crippen LogP contribution in [0.25, 0.3) is 10.9 Å². The lowest BCUT2D eigenvalue weighted by molar-refractivity contribution is -0.113. The number of para-hydroxylation sites is 3. The molecular formula is C22H25N3O2S. The second kappa shape index (κ2) is 8.61. The van der Waals surface area contributed by atoms with Gasteiger partial charge in [-0.15, -0.1) is 0 Å². The highest BCUT2D eigenvalue weighted by molar-refractivity contribution is 8.00. The Morgan fingerprint density at radius 2 is 1.79 bits per heavy atom. The summed E-state index contributed by atoms with van der Waals surface area (Å²) < 4.78 is 5.57. The average molecular weight is 396 g/mol. The van der Waals surface area contributed by atoms with Gasteiger partial charge < -0.3 is 10.1 Å². The Balaban J connectivity index is 1.79. The van der Waals surface area contributed by atoms with Crippen molar-refractivity contribution >= 4 is 34.3 Å². The number of hydrogen-bond acceptors (Lipinski definition) is 5. The van der Waals surface area contributed by atoms with Gasteiger partial charge in [-0.25, -0.2) is 9.97 Å². The summed E-state index contributed by atoms with van der Waals surface area (Å²) in [5.41, 5.74) is 1.41. The van der Waals surface area contributed by atoms with E-state index in [2.05, 4.69) is 26.1 Å². The Kier molecular flexibility index (Phi) is 6.19. The van der Waals surface area contributed by atoms with E-state index in [9.17, 15) is 4.79 Å². The van der Waals surface area contributed by atoms with Gasteiger partial charge in [0.2, 0.25) is 5.91 Å². The Labute approximate surface area is 169 Å². The van der Waals surface area contributed by atoms with Gasteiger partial charge in [0, 0.05) is 10.8 Å². The van der Waals surface area contributed by atoms with Crippen LogP contribution in [-0.4, -0.2) is 28.2 Å². The van der Waals surface area contributed by atoms with Gasteiger partial charge in [0.05, 0.1) is 23.6 Å². The first-order valence-corrected chi connectivity index (χ1v) is 10.3. The lowest BCUT2D eigenvalue weighted by Gasteiger charge is -2.18. The lowest BCUT2D eigenvalue weighted by Crippen LogP contribution is -2.17. The molecule has 146 valence electrons. The molecule has 0 aliphatic rings. The minimum atomic E-state index is -0.169. The lowest BCUT2D eigenvalue weighted by atomic mass is 9.95. The van der Waals surface area contributed by atoms with Gasteiger partial charge in [0.15, 0.2) is 0 Å². The Morgan fingerprint density at radius 1 is 1.07 bits per heavy atom. The molecule has 0 saturated heterocycles. The molecule has 3 rings (SSSR count). The number of thioether (sulfide) groups is 1. The number of aromatic nitrogens is 2. The average Bonchev–Trinajstić information content (AvgIpc) is 2.67. The molecule has 0 unspecified atom stereocenters. The minimum Gasteiger partial charge on any atom is -0.492 e. The van der Waals surface area contributed by atoms with Crippen LogP contribution in [0.5, 0.6) is 5.75 Å². The molecule has 0 aliphatic carbocycles. The quantitative estimate of drug-likeness (QED) is 0.467. The van der Waals surface area contributed by atoms with E-state index >= 15 is 0 Å². The number of hydrogen-bond donors (Lipinski definition) is 1. The predicted molar refractivity (Wildman–Crippen MR) is 115 cm³/mol. The van der Waals surface area contributed by atoms with Gasteiger partial charge >= 0.3 is 0 Å². The van der Waals surface area contributed by atoms with E-state index in [-0.39, 0.29) is 17.1 Å². The van der Waals surface area contributed by atoms with Crippen molar-refractivity contribution in [2.75, 3.05) is 17.7 Å². The summed E-state index contributed by atoms with van der Waals surface area (Å²) in [5.74, 6) is 1.60. The third-order valence-electron chi connectivity index (χ3n) is 4.04. The molecule has 0 fully saturated rings. The van der Waals surface area contributed by atoms with Crippen LogP contribution in [0.2, 0.25) is 0 Å². The highest BCUT2D eigenvalue weighted by Crippen LogP contribution is 2.29. The van der Waals surface area contributed by atoms with Crippen molar-refractivity contribution in [1.82, 2.24) is 9.97 Å². The van der Waals surface area contributed by atoms with Gasteiger partial charge in [-0.3, -0.25) is 4.79 Å². The summed E-state index contributed by atoms with van der Waals surface area (Å²) in [6.07, 6.45) is 0. The molecule has 1 amide bonds. The van der Waals surface area contributed by atoms with E-state index < -0.39 is 0 Å². The number of rotatable bonds is 6. The van der Waals surface area contributed by atoms with Crippen molar-refractivity contribution in [2.24, 2.45) is 0 Å². The summed E-state index contributed by atoms with van der Waals surface area (Å²) in [5, 5.41) is 4.71. The smallest absolute Gasteiger partial charge is 0.234 e. The summed E-state index contributed by atoms with van der Waals surface area (Å²) in [7, 11) is 0. The Bertz CT molecular complexity index is 983. The number of fused-ring (bicyclic) bond motifs is 1. The third kappa shape index (κ3) is 4.81. The summed E-state index contributed by atoms with van der Waals surface area (Å²) in [4.78, 5) is 22.0. The molecule has 5 nitrogen and oxygen atoms in total. The van der Waals surface area contributed by atoms with Crippen LogP contribution in [0.4, 0.5) is 5.69 Å². The summed E-state index contributed by atoms with van der Waals surface area (Å²) in [6.45, 7) is 8.72. The zero-order valence-corrected chi connectivity index (χ0v) is 17.5. The molecule has 28 heavy (non-hydrogen) atoms. The number of carbonyl (C=O) groups excluding carboxylic acids is 1. The summed E-state index contributed by atoms with van der Waals surface area (Å²) >= 11 is 1.42. The fraction of sp³-hybridized carbons (Fsp3) is 0.318. The molecule has 3 aromatic rings. The van der Waals surface area contributed by atoms with Crippen LogP contribution in [0.15, 0.2) is 53.6 Å². The predicted octanol–water partition coefficient (Wildman–Crippen LogP) is 5.06. The van der Waals surface area contributed by atoms with E-state index in [4.69, 9.17) is 14.7 Å². The molecular weight excluding hydrogens is 370 g/mol. The molecule has 2 aromatic carbocycles. The maximum absolute atomic E-state index is 12.5. The van der Waals surface area contributed by atoms with Gasteiger partial charge in [0.25, 0.3) is 0 Å². The second-order valence-corrected chi connectivity index (χ2v) is 8.35. The monoisotopic (exact) mass is 395 g/mol. The van der Waals surface area contributed by atoms with Crippen LogP contribution >= 0.6 is 11.8 Å². The largest absolute Gasteiger partial charge is 0.492 e. The molecule has 0 aliphatic heterocycles. The number of anilines is 1. The van der Waals surface area contributed by atoms with E-state index in [1.165, 1.54) is 11.8 Å². The van der Waals surface area contributed by atoms with E-state index in [0.29, 0.717) is 18.0 Å². The van der Waals surface area contributed by atoms with Gasteiger partial charge in [-0.1, -0.05) is 62.9 Å². The van der Waals surface area contributed by atoms with Gasteiger partial charge in [-0.05, 0) is 25.1 Å². The molecule has 6 heteroatoms. The molecule has 1 heterocycles. The summed E-state index contributed by atoms with van der Waals surface area (Å²) in [6, 6.07) is 15.3. The van der Waals surface area contributed by atoms with E-state index in [1.54, 1.807) is 0 Å². The molecule has 1 aromatic heterocycles. The van der Waals surface area contributed by atoms with Crippen LogP contribution in [0.3, 0.4) is 0 Å². The fourth-order valence-corrected chi connectivity index (χ4v) is 3.48. The van der Waals surface area contributed by atoms with Crippen LogP contribution in [-0.2, 0) is 10.2 Å². The number of ether oxygens (including phenoxy) is 1. The highest BCUT2D eigenvalue weighted by atomic mass is 32.2. The maximum Gasteiger partial charge on any atom is 0.234 e. The normalized spacial score (nSPS) is 11.4. The first-order chi connectivity index (χ1) is 13.4. The van der Waals surface area contributed by atoms with Gasteiger partial charge in [0.1, 0.15) is 16.6 Å². The Hall–Kier alpha value is -2.60. The van der Waals surface area contributed by atoms with Crippen molar-refractivity contribution in [3.63, 3.8) is 0 Å². The number of carbonyl (C=O) groups is 1. The number of nitrogens with zero attached hydrogens (tertiary/aromatic N) is 2. The molecule has 0 saturated carbocycles. The molecule has 0 spiro atoms. The van der Waals surface area contributed by atoms with Crippen LogP contribution < -0.4 is 10.1 Å². The zero-order valence-electron chi connectivity index (χ0n) is 16.7. The van der Waals surface area contributed by atoms with Crippen LogP contribution in [0.1, 0.15) is 33.5 Å². The first-order valence-electron chi connectivity index (χ1n) is 9.30. The topological polar surface area (TPSA) is 64.1 Å². The van der Waals surface area contributed by atoms with Crippen molar-refractivity contribution in [2.45, 2.75) is 38.1 Å². The maximum atomic E-state index is 12.5. The van der Waals surface area contributed by atoms with E-state index in [1.807, 2.05) is 55.5 Å². The van der Waals surface area contributed by atoms with Crippen LogP contribution in [0, 0.1) is 0 Å². The standard InChI is InChI=1S/C22H25N3O2S/c1-5-27-18-13-9-8-12-17(18)23-19(26)14-28-20-15-10-6-7-11-16(15)24-21(25-20)22(2,3)4/h6-13H,5,14H2,1-4H3,(H,23,26). The number of benzene rings is 2. The first kappa shape index (κ1) is 20.1. The molecule has 0 radical (unpaired) electrons. The van der Waals surface area contributed by atoms with E-state index in [0.717, 1.165) is 21.8 Å². The van der Waals surface area contributed by atoms with Gasteiger partial charge in [-0.2, -0.15) is 0 Å². The van der Waals surface area contributed by atoms with Crippen molar-refractivity contribution in [3.05, 3.63) is 54.4 Å². The number of amides is 1. The molecule has 0 bridgehead atoms. The molecule has 0 atom stereocenters. The second-order valence-electron chi connectivity index (χ2n) is 7.39.